The van der Waals surface area contributed by atoms with E-state index in [4.69, 9.17) is 18.9 Å². The van der Waals surface area contributed by atoms with Crippen LogP contribution in [0.25, 0.3) is 6.08 Å². The molecule has 2 aromatic rings. The van der Waals surface area contributed by atoms with Crippen LogP contribution < -0.4 is 14.2 Å². The monoisotopic (exact) mass is 454 g/mol. The highest BCUT2D eigenvalue weighted by atomic mass is 16.6. The Morgan fingerprint density at radius 2 is 1.70 bits per heavy atom. The summed E-state index contributed by atoms with van der Waals surface area (Å²) < 4.78 is 25.8. The van der Waals surface area contributed by atoms with E-state index in [1.54, 1.807) is 55.5 Å². The van der Waals surface area contributed by atoms with E-state index in [0.717, 1.165) is 0 Å². The molecule has 174 valence electrons. The Morgan fingerprint density at radius 3 is 2.33 bits per heavy atom. The van der Waals surface area contributed by atoms with Gasteiger partial charge in [0.2, 0.25) is 0 Å². The van der Waals surface area contributed by atoms with Gasteiger partial charge < -0.3 is 23.7 Å². The molecule has 0 N–H and O–H groups in total. The van der Waals surface area contributed by atoms with Crippen molar-refractivity contribution in [2.24, 2.45) is 0 Å². The van der Waals surface area contributed by atoms with Crippen molar-refractivity contribution in [2.75, 3.05) is 27.4 Å². The van der Waals surface area contributed by atoms with Crippen molar-refractivity contribution in [3.8, 4) is 17.2 Å². The van der Waals surface area contributed by atoms with Gasteiger partial charge in [-0.15, -0.1) is 0 Å². The molecule has 0 heterocycles. The second kappa shape index (κ2) is 12.7. The molecule has 8 nitrogen and oxygen atoms in total. The highest BCUT2D eigenvalue weighted by Crippen LogP contribution is 2.29. The highest BCUT2D eigenvalue weighted by molar-refractivity contribution is 5.91. The zero-order valence-electron chi connectivity index (χ0n) is 18.8. The number of hydrogen-bond donors (Lipinski definition) is 0. The molecule has 0 saturated carbocycles. The van der Waals surface area contributed by atoms with Gasteiger partial charge in [0, 0.05) is 18.1 Å². The van der Waals surface area contributed by atoms with E-state index in [2.05, 4.69) is 11.3 Å². The summed E-state index contributed by atoms with van der Waals surface area (Å²) in [5.74, 6) is -0.337. The largest absolute Gasteiger partial charge is 0.493 e. The van der Waals surface area contributed by atoms with E-state index in [0.29, 0.717) is 41.2 Å². The average Bonchev–Trinajstić information content (AvgIpc) is 2.82. The Hall–Kier alpha value is -4.07. The van der Waals surface area contributed by atoms with Crippen molar-refractivity contribution in [1.29, 1.82) is 0 Å². The van der Waals surface area contributed by atoms with E-state index < -0.39 is 17.9 Å². The maximum Gasteiger partial charge on any atom is 0.343 e. The minimum absolute atomic E-state index is 0.231. The van der Waals surface area contributed by atoms with E-state index in [9.17, 15) is 14.4 Å². The second-order valence-corrected chi connectivity index (χ2v) is 6.80. The van der Waals surface area contributed by atoms with Crippen LogP contribution in [0.3, 0.4) is 0 Å². The van der Waals surface area contributed by atoms with Crippen molar-refractivity contribution in [3.63, 3.8) is 0 Å². The fourth-order valence-corrected chi connectivity index (χ4v) is 2.49. The Labute approximate surface area is 192 Å². The number of carbonyl (C=O) groups excluding carboxylic acids is 3. The van der Waals surface area contributed by atoms with Gasteiger partial charge in [0.15, 0.2) is 11.5 Å². The first-order valence-electron chi connectivity index (χ1n) is 10.1. The molecular weight excluding hydrogens is 428 g/mol. The van der Waals surface area contributed by atoms with E-state index >= 15 is 0 Å². The second-order valence-electron chi connectivity index (χ2n) is 6.80. The molecule has 33 heavy (non-hydrogen) atoms. The molecule has 0 aliphatic heterocycles. The summed E-state index contributed by atoms with van der Waals surface area (Å²) in [5.41, 5.74) is 1.35. The van der Waals surface area contributed by atoms with Crippen molar-refractivity contribution in [2.45, 2.75) is 13.3 Å². The molecular formula is C25H26O8. The van der Waals surface area contributed by atoms with Gasteiger partial charge in [0.05, 0.1) is 33.0 Å². The average molecular weight is 454 g/mol. The standard InChI is InChI=1S/C25H26O8/c1-17(2)24(27)32-15-5-14-31-20-10-8-19(9-11-20)25(28)33-21-12-6-18(16-22(21)29-3)7-13-23(26)30-4/h6-13,16H,1,5,14-15H2,2-4H3/b13-7+. The van der Waals surface area contributed by atoms with Crippen LogP contribution in [0.1, 0.15) is 29.3 Å². The van der Waals surface area contributed by atoms with Crippen LogP contribution in [-0.4, -0.2) is 45.3 Å². The third kappa shape index (κ3) is 8.17. The molecule has 0 amide bonds. The van der Waals surface area contributed by atoms with Crippen LogP contribution in [0.5, 0.6) is 17.2 Å². The SMILES string of the molecule is C=C(C)C(=O)OCCCOc1ccc(C(=O)Oc2ccc(/C=C/C(=O)OC)cc2OC)cc1. The van der Waals surface area contributed by atoms with Crippen LogP contribution in [0.4, 0.5) is 0 Å². The van der Waals surface area contributed by atoms with Crippen LogP contribution in [0, 0.1) is 0 Å². The van der Waals surface area contributed by atoms with Crippen LogP contribution in [0.2, 0.25) is 0 Å². The third-order valence-corrected chi connectivity index (χ3v) is 4.23. The Balaban J connectivity index is 1.91. The molecule has 0 aliphatic carbocycles. The molecule has 0 saturated heterocycles. The van der Waals surface area contributed by atoms with Crippen molar-refractivity contribution < 1.29 is 38.1 Å². The Morgan fingerprint density at radius 1 is 0.970 bits per heavy atom. The fraction of sp³-hybridized carbons (Fsp3) is 0.240. The molecule has 0 unspecified atom stereocenters. The summed E-state index contributed by atoms with van der Waals surface area (Å²) in [7, 11) is 2.74. The summed E-state index contributed by atoms with van der Waals surface area (Å²) in [6.07, 6.45) is 3.36. The predicted molar refractivity (Wildman–Crippen MR) is 121 cm³/mol. The third-order valence-electron chi connectivity index (χ3n) is 4.23. The zero-order chi connectivity index (χ0) is 24.2. The van der Waals surface area contributed by atoms with E-state index in [1.165, 1.54) is 20.3 Å². The number of carbonyl (C=O) groups is 3. The predicted octanol–water partition coefficient (Wildman–Crippen LogP) is 3.99. The van der Waals surface area contributed by atoms with Crippen LogP contribution >= 0.6 is 0 Å². The zero-order valence-corrected chi connectivity index (χ0v) is 18.8. The smallest absolute Gasteiger partial charge is 0.343 e. The molecule has 2 aromatic carbocycles. The summed E-state index contributed by atoms with van der Waals surface area (Å²) >= 11 is 0. The first kappa shape index (κ1) is 25.2. The van der Waals surface area contributed by atoms with Crippen LogP contribution in [0.15, 0.2) is 60.7 Å². The Bertz CT molecular complexity index is 1020. The molecule has 0 fully saturated rings. The number of benzene rings is 2. The van der Waals surface area contributed by atoms with Gasteiger partial charge in [-0.1, -0.05) is 12.6 Å². The van der Waals surface area contributed by atoms with Gasteiger partial charge in [-0.3, -0.25) is 0 Å². The van der Waals surface area contributed by atoms with Gasteiger partial charge in [-0.2, -0.15) is 0 Å². The number of rotatable bonds is 11. The number of ether oxygens (including phenoxy) is 5. The summed E-state index contributed by atoms with van der Waals surface area (Å²) in [6.45, 7) is 5.68. The lowest BCUT2D eigenvalue weighted by atomic mass is 10.2. The van der Waals surface area contributed by atoms with Gasteiger partial charge in [0.25, 0.3) is 0 Å². The summed E-state index contributed by atoms with van der Waals surface area (Å²) in [6, 6.07) is 11.3. The molecule has 0 spiro atoms. The number of methoxy groups -OCH3 is 2. The van der Waals surface area contributed by atoms with Crippen molar-refractivity contribution in [3.05, 3.63) is 71.8 Å². The topological polar surface area (TPSA) is 97.4 Å². The van der Waals surface area contributed by atoms with Crippen LogP contribution in [-0.2, 0) is 19.1 Å². The fourth-order valence-electron chi connectivity index (χ4n) is 2.49. The first-order chi connectivity index (χ1) is 15.8. The molecule has 0 radical (unpaired) electrons. The van der Waals surface area contributed by atoms with Crippen molar-refractivity contribution >= 4 is 24.0 Å². The van der Waals surface area contributed by atoms with Gasteiger partial charge >= 0.3 is 17.9 Å². The molecule has 8 heteroatoms. The lowest BCUT2D eigenvalue weighted by molar-refractivity contribution is -0.139. The van der Waals surface area contributed by atoms with Gasteiger partial charge in [0.1, 0.15) is 5.75 Å². The molecule has 0 aromatic heterocycles. The number of hydrogen-bond acceptors (Lipinski definition) is 8. The minimum atomic E-state index is -0.565. The normalized spacial score (nSPS) is 10.4. The lowest BCUT2D eigenvalue weighted by Gasteiger charge is -2.11. The highest BCUT2D eigenvalue weighted by Gasteiger charge is 2.13. The van der Waals surface area contributed by atoms with E-state index in [-0.39, 0.29) is 12.4 Å². The summed E-state index contributed by atoms with van der Waals surface area (Å²) in [5, 5.41) is 0. The molecule has 0 bridgehead atoms. The quantitative estimate of drug-likeness (QED) is 0.218. The molecule has 0 aliphatic rings. The molecule has 2 rings (SSSR count). The minimum Gasteiger partial charge on any atom is -0.493 e. The maximum absolute atomic E-state index is 12.5. The maximum atomic E-state index is 12.5. The Kier molecular flexibility index (Phi) is 9.70. The lowest BCUT2D eigenvalue weighted by Crippen LogP contribution is -2.10. The van der Waals surface area contributed by atoms with Crippen molar-refractivity contribution in [1.82, 2.24) is 0 Å². The van der Waals surface area contributed by atoms with E-state index in [1.807, 2.05) is 0 Å². The van der Waals surface area contributed by atoms with Gasteiger partial charge in [-0.25, -0.2) is 14.4 Å². The first-order valence-corrected chi connectivity index (χ1v) is 10.1. The summed E-state index contributed by atoms with van der Waals surface area (Å²) in [4.78, 5) is 35.0. The number of esters is 3. The molecule has 0 atom stereocenters. The van der Waals surface area contributed by atoms with Gasteiger partial charge in [-0.05, 0) is 55.0 Å².